The van der Waals surface area contributed by atoms with Gasteiger partial charge in [0, 0.05) is 26.2 Å². The van der Waals surface area contributed by atoms with Crippen molar-refractivity contribution in [3.8, 4) is 0 Å². The molecular weight excluding hydrogens is 314 g/mol. The van der Waals surface area contributed by atoms with Gasteiger partial charge in [-0.1, -0.05) is 24.3 Å². The van der Waals surface area contributed by atoms with Crippen LogP contribution in [0.3, 0.4) is 0 Å². The molecule has 0 saturated carbocycles. The Morgan fingerprint density at radius 1 is 1.16 bits per heavy atom. The Balaban J connectivity index is 1.40. The van der Waals surface area contributed by atoms with E-state index in [0.717, 1.165) is 26.1 Å². The summed E-state index contributed by atoms with van der Waals surface area (Å²) in [5, 5.41) is 13.8. The maximum Gasteiger partial charge on any atom is 0.317 e. The van der Waals surface area contributed by atoms with Gasteiger partial charge in [-0.05, 0) is 63.2 Å². The molecule has 2 heterocycles. The van der Waals surface area contributed by atoms with Gasteiger partial charge in [-0.2, -0.15) is 0 Å². The molecule has 5 nitrogen and oxygen atoms in total. The summed E-state index contributed by atoms with van der Waals surface area (Å²) in [5.41, 5.74) is 1.92. The van der Waals surface area contributed by atoms with Crippen molar-refractivity contribution in [1.29, 1.82) is 0 Å². The first-order valence-corrected chi connectivity index (χ1v) is 9.58. The third-order valence-electron chi connectivity index (χ3n) is 5.63. The fraction of sp³-hybridized carbons (Fsp3) is 0.650. The van der Waals surface area contributed by atoms with E-state index < -0.39 is 5.60 Å². The van der Waals surface area contributed by atoms with Crippen LogP contribution in [-0.4, -0.2) is 65.8 Å². The Labute approximate surface area is 151 Å². The van der Waals surface area contributed by atoms with E-state index >= 15 is 0 Å². The molecule has 5 heteroatoms. The summed E-state index contributed by atoms with van der Waals surface area (Å²) >= 11 is 0. The van der Waals surface area contributed by atoms with Crippen LogP contribution in [0.1, 0.15) is 36.8 Å². The molecule has 0 spiro atoms. The second-order valence-electron chi connectivity index (χ2n) is 7.60. The van der Waals surface area contributed by atoms with Crippen molar-refractivity contribution in [2.75, 3.05) is 39.3 Å². The largest absolute Gasteiger partial charge is 0.388 e. The van der Waals surface area contributed by atoms with Crippen LogP contribution in [0, 0.1) is 6.92 Å². The summed E-state index contributed by atoms with van der Waals surface area (Å²) in [7, 11) is 0. The maximum absolute atomic E-state index is 12.4. The molecule has 3 rings (SSSR count). The number of hydrogen-bond donors (Lipinski definition) is 2. The van der Waals surface area contributed by atoms with Crippen LogP contribution in [0.15, 0.2) is 24.3 Å². The topological polar surface area (TPSA) is 55.8 Å². The number of hydrogen-bond acceptors (Lipinski definition) is 3. The van der Waals surface area contributed by atoms with Gasteiger partial charge < -0.3 is 20.2 Å². The second-order valence-corrected chi connectivity index (χ2v) is 7.60. The molecule has 0 bridgehead atoms. The van der Waals surface area contributed by atoms with Crippen LogP contribution in [0.25, 0.3) is 0 Å². The Hall–Kier alpha value is -1.59. The zero-order valence-corrected chi connectivity index (χ0v) is 15.3. The van der Waals surface area contributed by atoms with E-state index in [2.05, 4.69) is 29.3 Å². The highest BCUT2D eigenvalue weighted by molar-refractivity contribution is 5.74. The number of β-amino-alcohol motifs (C(OH)–C–C–N with tert-alkyl or cyclic N) is 1. The number of likely N-dealkylation sites (tertiary alicyclic amines) is 2. The molecule has 1 aromatic carbocycles. The van der Waals surface area contributed by atoms with Crippen molar-refractivity contribution in [3.63, 3.8) is 0 Å². The highest BCUT2D eigenvalue weighted by atomic mass is 16.3. The van der Waals surface area contributed by atoms with E-state index in [1.54, 1.807) is 0 Å². The highest BCUT2D eigenvalue weighted by Crippen LogP contribution is 2.25. The molecule has 0 unspecified atom stereocenters. The fourth-order valence-electron chi connectivity index (χ4n) is 3.95. The first-order valence-electron chi connectivity index (χ1n) is 9.58. The van der Waals surface area contributed by atoms with Crippen LogP contribution in [0.5, 0.6) is 0 Å². The molecule has 2 aliphatic heterocycles. The Morgan fingerprint density at radius 3 is 2.52 bits per heavy atom. The number of aliphatic hydroxyl groups is 1. The smallest absolute Gasteiger partial charge is 0.317 e. The number of amides is 2. The zero-order chi connectivity index (χ0) is 17.7. The molecule has 138 valence electrons. The van der Waals surface area contributed by atoms with E-state index in [4.69, 9.17) is 0 Å². The zero-order valence-electron chi connectivity index (χ0n) is 15.3. The molecule has 0 atom stereocenters. The number of aryl methyl sites for hydroxylation is 1. The quantitative estimate of drug-likeness (QED) is 0.860. The lowest BCUT2D eigenvalue weighted by Crippen LogP contribution is -2.53. The Kier molecular flexibility index (Phi) is 5.97. The van der Waals surface area contributed by atoms with Crippen molar-refractivity contribution in [2.24, 2.45) is 0 Å². The van der Waals surface area contributed by atoms with E-state index in [1.165, 1.54) is 24.0 Å². The van der Waals surface area contributed by atoms with Gasteiger partial charge in [-0.25, -0.2) is 4.79 Å². The summed E-state index contributed by atoms with van der Waals surface area (Å²) in [6, 6.07) is 8.28. The molecule has 25 heavy (non-hydrogen) atoms. The lowest BCUT2D eigenvalue weighted by molar-refractivity contribution is -0.0339. The van der Waals surface area contributed by atoms with Gasteiger partial charge in [0.2, 0.25) is 0 Å². The van der Waals surface area contributed by atoms with E-state index in [9.17, 15) is 9.90 Å². The third kappa shape index (κ3) is 4.95. The van der Waals surface area contributed by atoms with Gasteiger partial charge in [-0.15, -0.1) is 0 Å². The number of benzene rings is 1. The van der Waals surface area contributed by atoms with E-state index in [-0.39, 0.29) is 6.03 Å². The minimum Gasteiger partial charge on any atom is -0.388 e. The highest BCUT2D eigenvalue weighted by Gasteiger charge is 2.35. The average molecular weight is 345 g/mol. The summed E-state index contributed by atoms with van der Waals surface area (Å²) < 4.78 is 0. The summed E-state index contributed by atoms with van der Waals surface area (Å²) in [6.45, 7) is 6.99. The van der Waals surface area contributed by atoms with Crippen LogP contribution in [-0.2, 0) is 6.42 Å². The number of piperidine rings is 1. The molecule has 0 aliphatic carbocycles. The van der Waals surface area contributed by atoms with Crippen LogP contribution >= 0.6 is 0 Å². The van der Waals surface area contributed by atoms with Crippen molar-refractivity contribution in [1.82, 2.24) is 15.1 Å². The van der Waals surface area contributed by atoms with Gasteiger partial charge in [0.15, 0.2) is 0 Å². The van der Waals surface area contributed by atoms with E-state index in [0.29, 0.717) is 32.5 Å². The van der Waals surface area contributed by atoms with Crippen molar-refractivity contribution in [3.05, 3.63) is 35.4 Å². The molecule has 0 aromatic heterocycles. The van der Waals surface area contributed by atoms with Crippen LogP contribution in [0.2, 0.25) is 0 Å². The Bertz CT molecular complexity index is 576. The minimum absolute atomic E-state index is 0.00296. The molecule has 2 aliphatic rings. The summed E-state index contributed by atoms with van der Waals surface area (Å²) in [4.78, 5) is 16.6. The number of urea groups is 1. The SMILES string of the molecule is Cc1ccccc1CCNC(=O)N1CCC(O)(CN2CCCC2)CC1. The lowest BCUT2D eigenvalue weighted by atomic mass is 9.91. The molecule has 0 radical (unpaired) electrons. The molecule has 2 saturated heterocycles. The second kappa shape index (κ2) is 8.19. The lowest BCUT2D eigenvalue weighted by Gasteiger charge is -2.40. The molecular formula is C20H31N3O2. The summed E-state index contributed by atoms with van der Waals surface area (Å²) in [5.74, 6) is 0. The number of nitrogens with one attached hydrogen (secondary N) is 1. The van der Waals surface area contributed by atoms with E-state index in [1.807, 2.05) is 17.0 Å². The van der Waals surface area contributed by atoms with Gasteiger partial charge >= 0.3 is 6.03 Å². The molecule has 2 amide bonds. The maximum atomic E-state index is 12.4. The number of nitrogens with zero attached hydrogens (tertiary/aromatic N) is 2. The standard InChI is InChI=1S/C20H31N3O2/c1-17-6-2-3-7-18(17)8-11-21-19(24)23-14-9-20(25,10-15-23)16-22-12-4-5-13-22/h2-3,6-7,25H,4-5,8-16H2,1H3,(H,21,24). The monoisotopic (exact) mass is 345 g/mol. The normalized spacial score (nSPS) is 20.6. The van der Waals surface area contributed by atoms with Crippen LogP contribution in [0.4, 0.5) is 4.79 Å². The Morgan fingerprint density at radius 2 is 1.84 bits per heavy atom. The van der Waals surface area contributed by atoms with Gasteiger partial charge in [-0.3, -0.25) is 0 Å². The number of carbonyl (C=O) groups is 1. The molecule has 1 aromatic rings. The number of carbonyl (C=O) groups excluding carboxylic acids is 1. The average Bonchev–Trinajstić information content (AvgIpc) is 3.09. The fourth-order valence-corrected chi connectivity index (χ4v) is 3.95. The number of rotatable bonds is 5. The van der Waals surface area contributed by atoms with Crippen molar-refractivity contribution >= 4 is 6.03 Å². The molecule has 2 fully saturated rings. The summed E-state index contributed by atoms with van der Waals surface area (Å²) in [6.07, 6.45) is 4.69. The predicted octanol–water partition coefficient (Wildman–Crippen LogP) is 2.17. The van der Waals surface area contributed by atoms with Crippen molar-refractivity contribution < 1.29 is 9.90 Å². The first-order chi connectivity index (χ1) is 12.1. The van der Waals surface area contributed by atoms with Gasteiger partial charge in [0.05, 0.1) is 5.60 Å². The first kappa shape index (κ1) is 18.2. The minimum atomic E-state index is -0.623. The van der Waals surface area contributed by atoms with Crippen LogP contribution < -0.4 is 5.32 Å². The van der Waals surface area contributed by atoms with Gasteiger partial charge in [0.25, 0.3) is 0 Å². The third-order valence-corrected chi connectivity index (χ3v) is 5.63. The van der Waals surface area contributed by atoms with Gasteiger partial charge in [0.1, 0.15) is 0 Å². The predicted molar refractivity (Wildman–Crippen MR) is 99.7 cm³/mol. The molecule has 2 N–H and O–H groups in total. The van der Waals surface area contributed by atoms with Crippen molar-refractivity contribution in [2.45, 2.75) is 44.6 Å².